The van der Waals surface area contributed by atoms with Crippen LogP contribution in [0.3, 0.4) is 0 Å². The van der Waals surface area contributed by atoms with Gasteiger partial charge in [-0.25, -0.2) is 0 Å². The van der Waals surface area contributed by atoms with E-state index in [1.807, 2.05) is 35.2 Å². The van der Waals surface area contributed by atoms with Gasteiger partial charge in [0.15, 0.2) is 0 Å². The highest BCUT2D eigenvalue weighted by Gasteiger charge is 2.25. The predicted molar refractivity (Wildman–Crippen MR) is 102 cm³/mol. The lowest BCUT2D eigenvalue weighted by atomic mass is 9.94. The second-order valence-electron chi connectivity index (χ2n) is 7.16. The third-order valence-electron chi connectivity index (χ3n) is 5.21. The fraction of sp³-hybridized carbons (Fsp3) is 0.318. The van der Waals surface area contributed by atoms with E-state index >= 15 is 0 Å². The molecule has 128 valence electrons. The molecule has 1 aliphatic rings. The van der Waals surface area contributed by atoms with Crippen molar-refractivity contribution in [2.75, 3.05) is 13.1 Å². The summed E-state index contributed by atoms with van der Waals surface area (Å²) in [5.41, 5.74) is 4.82. The van der Waals surface area contributed by atoms with Gasteiger partial charge in [0.05, 0.1) is 6.42 Å². The molecule has 1 N–H and O–H groups in total. The van der Waals surface area contributed by atoms with Crippen LogP contribution in [0.4, 0.5) is 0 Å². The normalized spacial score (nSPS) is 17.8. The zero-order valence-corrected chi connectivity index (χ0v) is 14.7. The van der Waals surface area contributed by atoms with Crippen molar-refractivity contribution < 1.29 is 4.79 Å². The summed E-state index contributed by atoms with van der Waals surface area (Å²) in [4.78, 5) is 18.3. The minimum Gasteiger partial charge on any atom is -0.358 e. The topological polar surface area (TPSA) is 36.1 Å². The zero-order chi connectivity index (χ0) is 17.2. The molecule has 1 aromatic heterocycles. The van der Waals surface area contributed by atoms with E-state index in [1.165, 1.54) is 22.2 Å². The van der Waals surface area contributed by atoms with Crippen molar-refractivity contribution in [3.05, 3.63) is 71.4 Å². The van der Waals surface area contributed by atoms with Crippen molar-refractivity contribution in [2.45, 2.75) is 32.1 Å². The minimum absolute atomic E-state index is 0.239. The summed E-state index contributed by atoms with van der Waals surface area (Å²) in [5, 5.41) is 1.27. The van der Waals surface area contributed by atoms with Gasteiger partial charge >= 0.3 is 0 Å². The molecule has 1 fully saturated rings. The summed E-state index contributed by atoms with van der Waals surface area (Å²) in [6, 6.07) is 18.8. The van der Waals surface area contributed by atoms with Crippen LogP contribution in [0.1, 0.15) is 35.6 Å². The summed E-state index contributed by atoms with van der Waals surface area (Å²) in [5.74, 6) is 0.643. The Kier molecular flexibility index (Phi) is 4.31. The monoisotopic (exact) mass is 332 g/mol. The van der Waals surface area contributed by atoms with Crippen molar-refractivity contribution in [2.24, 2.45) is 0 Å². The molecule has 3 nitrogen and oxygen atoms in total. The maximum absolute atomic E-state index is 12.7. The Bertz CT molecular complexity index is 881. The van der Waals surface area contributed by atoms with Crippen molar-refractivity contribution in [3.8, 4) is 0 Å². The van der Waals surface area contributed by atoms with Crippen LogP contribution in [0.5, 0.6) is 0 Å². The van der Waals surface area contributed by atoms with E-state index < -0.39 is 0 Å². The first-order valence-electron chi connectivity index (χ1n) is 9.10. The molecule has 1 unspecified atom stereocenters. The molecule has 0 aliphatic carbocycles. The molecular weight excluding hydrogens is 308 g/mol. The molecule has 1 atom stereocenters. The molecular formula is C22H24N2O. The number of rotatable bonds is 3. The van der Waals surface area contributed by atoms with Crippen LogP contribution in [0.2, 0.25) is 0 Å². The maximum atomic E-state index is 12.7. The van der Waals surface area contributed by atoms with E-state index in [9.17, 15) is 4.79 Å². The molecule has 0 spiro atoms. The van der Waals surface area contributed by atoms with Gasteiger partial charge in [0.2, 0.25) is 5.91 Å². The van der Waals surface area contributed by atoms with Crippen molar-refractivity contribution in [1.29, 1.82) is 0 Å². The van der Waals surface area contributed by atoms with Crippen LogP contribution >= 0.6 is 0 Å². The molecule has 25 heavy (non-hydrogen) atoms. The van der Waals surface area contributed by atoms with E-state index in [1.54, 1.807) is 0 Å². The summed E-state index contributed by atoms with van der Waals surface area (Å²) in [6.07, 6.45) is 2.71. The molecule has 3 heteroatoms. The number of likely N-dealkylation sites (tertiary alicyclic amines) is 1. The third-order valence-corrected chi connectivity index (χ3v) is 5.21. The van der Waals surface area contributed by atoms with Crippen molar-refractivity contribution in [3.63, 3.8) is 0 Å². The SMILES string of the molecule is Cc1ccc2[nH]c(C3CCCN(C(=O)Cc4ccccc4)C3)cc2c1. The zero-order valence-electron chi connectivity index (χ0n) is 14.7. The number of benzene rings is 2. The average molecular weight is 332 g/mol. The maximum Gasteiger partial charge on any atom is 0.227 e. The van der Waals surface area contributed by atoms with E-state index in [0.717, 1.165) is 31.5 Å². The van der Waals surface area contributed by atoms with Gasteiger partial charge in [-0.1, -0.05) is 42.0 Å². The van der Waals surface area contributed by atoms with Gasteiger partial charge in [-0.3, -0.25) is 4.79 Å². The first-order valence-corrected chi connectivity index (χ1v) is 9.10. The third kappa shape index (κ3) is 3.46. The van der Waals surface area contributed by atoms with Gasteiger partial charge < -0.3 is 9.88 Å². The Hall–Kier alpha value is -2.55. The van der Waals surface area contributed by atoms with Crippen LogP contribution in [-0.4, -0.2) is 28.9 Å². The highest BCUT2D eigenvalue weighted by atomic mass is 16.2. The highest BCUT2D eigenvalue weighted by Crippen LogP contribution is 2.29. The quantitative estimate of drug-likeness (QED) is 0.757. The molecule has 3 aromatic rings. The van der Waals surface area contributed by atoms with E-state index in [2.05, 4.69) is 36.2 Å². The first-order chi connectivity index (χ1) is 12.2. The smallest absolute Gasteiger partial charge is 0.227 e. The second kappa shape index (κ2) is 6.75. The number of hydrogen-bond donors (Lipinski definition) is 1. The van der Waals surface area contributed by atoms with Crippen LogP contribution in [0.15, 0.2) is 54.6 Å². The number of carbonyl (C=O) groups is 1. The lowest BCUT2D eigenvalue weighted by Gasteiger charge is -2.32. The fourth-order valence-electron chi connectivity index (χ4n) is 3.83. The number of aromatic amines is 1. The van der Waals surface area contributed by atoms with Crippen LogP contribution in [0.25, 0.3) is 10.9 Å². The number of aryl methyl sites for hydroxylation is 1. The molecule has 1 amide bonds. The predicted octanol–water partition coefficient (Wildman–Crippen LogP) is 4.43. The van der Waals surface area contributed by atoms with Crippen LogP contribution in [-0.2, 0) is 11.2 Å². The largest absolute Gasteiger partial charge is 0.358 e. The molecule has 0 saturated carbocycles. The molecule has 1 aliphatic heterocycles. The molecule has 2 heterocycles. The Labute approximate surface area is 148 Å². The lowest BCUT2D eigenvalue weighted by Crippen LogP contribution is -2.40. The van der Waals surface area contributed by atoms with Gasteiger partial charge in [-0.2, -0.15) is 0 Å². The summed E-state index contributed by atoms with van der Waals surface area (Å²) in [6.45, 7) is 3.82. The van der Waals surface area contributed by atoms with Gasteiger partial charge in [-0.05, 0) is 48.9 Å². The van der Waals surface area contributed by atoms with Crippen molar-refractivity contribution in [1.82, 2.24) is 9.88 Å². The van der Waals surface area contributed by atoms with E-state index in [4.69, 9.17) is 0 Å². The van der Waals surface area contributed by atoms with Gasteiger partial charge in [-0.15, -0.1) is 0 Å². The standard InChI is InChI=1S/C22H24N2O/c1-16-9-10-20-19(12-16)14-21(23-20)18-8-5-11-24(15-18)22(25)13-17-6-3-2-4-7-17/h2-4,6-7,9-10,12,14,18,23H,5,8,11,13,15H2,1H3. The molecule has 0 bridgehead atoms. The van der Waals surface area contributed by atoms with Crippen LogP contribution in [0, 0.1) is 6.92 Å². The average Bonchev–Trinajstić information content (AvgIpc) is 3.06. The number of carbonyl (C=O) groups excluding carboxylic acids is 1. The van der Waals surface area contributed by atoms with Gasteiger partial charge in [0.25, 0.3) is 0 Å². The highest BCUT2D eigenvalue weighted by molar-refractivity contribution is 5.81. The summed E-state index contributed by atoms with van der Waals surface area (Å²) in [7, 11) is 0. The lowest BCUT2D eigenvalue weighted by molar-refractivity contribution is -0.131. The number of hydrogen-bond acceptors (Lipinski definition) is 1. The van der Waals surface area contributed by atoms with E-state index in [0.29, 0.717) is 12.3 Å². The number of amides is 1. The van der Waals surface area contributed by atoms with E-state index in [-0.39, 0.29) is 5.91 Å². The Morgan fingerprint density at radius 3 is 2.84 bits per heavy atom. The number of piperidine rings is 1. The molecule has 2 aromatic carbocycles. The Morgan fingerprint density at radius 1 is 1.16 bits per heavy atom. The van der Waals surface area contributed by atoms with Gasteiger partial charge in [0.1, 0.15) is 0 Å². The number of fused-ring (bicyclic) bond motifs is 1. The van der Waals surface area contributed by atoms with Gasteiger partial charge in [0, 0.05) is 30.2 Å². The number of nitrogens with one attached hydrogen (secondary N) is 1. The molecule has 0 radical (unpaired) electrons. The molecule has 1 saturated heterocycles. The number of aromatic nitrogens is 1. The number of H-pyrrole nitrogens is 1. The number of nitrogens with zero attached hydrogens (tertiary/aromatic N) is 1. The minimum atomic E-state index is 0.239. The second-order valence-corrected chi connectivity index (χ2v) is 7.16. The summed E-state index contributed by atoms with van der Waals surface area (Å²) < 4.78 is 0. The van der Waals surface area contributed by atoms with Crippen LogP contribution < -0.4 is 0 Å². The summed E-state index contributed by atoms with van der Waals surface area (Å²) >= 11 is 0. The van der Waals surface area contributed by atoms with Crippen molar-refractivity contribution >= 4 is 16.8 Å². The first kappa shape index (κ1) is 15.9. The Morgan fingerprint density at radius 2 is 2.00 bits per heavy atom. The molecule has 4 rings (SSSR count). The fourth-order valence-corrected chi connectivity index (χ4v) is 3.83. The Balaban J connectivity index is 1.49.